The molecular formula is C10H7Br. The van der Waals surface area contributed by atoms with Gasteiger partial charge in [-0.2, -0.15) is 0 Å². The summed E-state index contributed by atoms with van der Waals surface area (Å²) in [6.07, 6.45) is 0. The van der Waals surface area contributed by atoms with E-state index in [2.05, 4.69) is 46.3 Å². The highest BCUT2D eigenvalue weighted by Gasteiger charge is 2.02. The van der Waals surface area contributed by atoms with Crippen molar-refractivity contribution in [3.8, 4) is 11.1 Å². The van der Waals surface area contributed by atoms with Crippen molar-refractivity contribution < 1.29 is 0 Å². The van der Waals surface area contributed by atoms with Crippen molar-refractivity contribution in [2.45, 2.75) is 0 Å². The molecule has 0 saturated carbocycles. The summed E-state index contributed by atoms with van der Waals surface area (Å²) in [7, 11) is 0. The van der Waals surface area contributed by atoms with Gasteiger partial charge in [-0.1, -0.05) is 52.3 Å². The van der Waals surface area contributed by atoms with Gasteiger partial charge in [-0.25, -0.2) is 0 Å². The van der Waals surface area contributed by atoms with E-state index < -0.39 is 0 Å². The Hall–Kier alpha value is -0.820. The molecule has 54 valence electrons. The summed E-state index contributed by atoms with van der Waals surface area (Å²) in [6, 6.07) is 14.5. The molecule has 0 aromatic rings. The molecule has 0 aliphatic heterocycles. The van der Waals surface area contributed by atoms with Crippen LogP contribution in [0.2, 0.25) is 0 Å². The Kier molecular flexibility index (Phi) is 1.66. The molecule has 0 heterocycles. The number of hydrogen-bond acceptors (Lipinski definition) is 0. The van der Waals surface area contributed by atoms with E-state index >= 15 is 0 Å². The molecule has 0 bridgehead atoms. The number of hydrogen-bond donors (Lipinski definition) is 0. The van der Waals surface area contributed by atoms with Gasteiger partial charge in [0.2, 0.25) is 0 Å². The monoisotopic (exact) mass is 206 g/mol. The zero-order valence-corrected chi connectivity index (χ0v) is 7.51. The first kappa shape index (κ1) is 6.86. The third kappa shape index (κ3) is 1.16. The summed E-state index contributed by atoms with van der Waals surface area (Å²) in [5.41, 5.74) is 2.55. The lowest BCUT2D eigenvalue weighted by Gasteiger charge is -1.90. The van der Waals surface area contributed by atoms with E-state index in [9.17, 15) is 0 Å². The Morgan fingerprint density at radius 1 is 0.818 bits per heavy atom. The van der Waals surface area contributed by atoms with Crippen LogP contribution < -0.4 is 0 Å². The first-order valence-corrected chi connectivity index (χ1v) is 4.30. The highest BCUT2D eigenvalue weighted by atomic mass is 79.9. The average Bonchev–Trinajstić information content (AvgIpc) is 2.25. The minimum absolute atomic E-state index is 1.17. The number of fused-ring (bicyclic) bond motifs is 1. The van der Waals surface area contributed by atoms with E-state index in [0.717, 1.165) is 0 Å². The van der Waals surface area contributed by atoms with Gasteiger partial charge in [0.05, 0.1) is 0 Å². The fourth-order valence-electron chi connectivity index (χ4n) is 1.18. The Morgan fingerprint density at radius 2 is 1.64 bits per heavy atom. The third-order valence-corrected chi connectivity index (χ3v) is 2.43. The lowest BCUT2D eigenvalue weighted by atomic mass is 10.2. The number of rotatable bonds is 0. The first-order valence-electron chi connectivity index (χ1n) is 3.51. The van der Waals surface area contributed by atoms with Crippen LogP contribution >= 0.6 is 15.9 Å². The van der Waals surface area contributed by atoms with Gasteiger partial charge in [-0.3, -0.25) is 0 Å². The van der Waals surface area contributed by atoms with Crippen LogP contribution in [0.5, 0.6) is 0 Å². The van der Waals surface area contributed by atoms with Crippen molar-refractivity contribution in [1.29, 1.82) is 0 Å². The minimum Gasteiger partial charge on any atom is -0.0622 e. The zero-order valence-electron chi connectivity index (χ0n) is 5.92. The molecule has 0 aromatic carbocycles. The highest BCUT2D eigenvalue weighted by Crippen LogP contribution is 2.30. The molecule has 0 saturated heterocycles. The van der Waals surface area contributed by atoms with Crippen LogP contribution in [0.3, 0.4) is 0 Å². The van der Waals surface area contributed by atoms with Crippen LogP contribution in [0.15, 0.2) is 46.9 Å². The molecule has 2 aliphatic rings. The second kappa shape index (κ2) is 2.67. The predicted octanol–water partition coefficient (Wildman–Crippen LogP) is 3.55. The summed E-state index contributed by atoms with van der Waals surface area (Å²) in [5.74, 6) is 0. The molecule has 2 aliphatic carbocycles. The van der Waals surface area contributed by atoms with Crippen molar-refractivity contribution >= 4 is 15.9 Å². The van der Waals surface area contributed by atoms with E-state index in [1.807, 2.05) is 12.1 Å². The third-order valence-electron chi connectivity index (χ3n) is 1.74. The normalized spacial score (nSPS) is 10.3. The van der Waals surface area contributed by atoms with E-state index in [1.54, 1.807) is 0 Å². The molecule has 0 aromatic heterocycles. The summed E-state index contributed by atoms with van der Waals surface area (Å²) in [5, 5.41) is 0. The van der Waals surface area contributed by atoms with Gasteiger partial charge in [0.25, 0.3) is 0 Å². The fourth-order valence-corrected chi connectivity index (χ4v) is 1.67. The van der Waals surface area contributed by atoms with Crippen molar-refractivity contribution in [2.75, 3.05) is 0 Å². The van der Waals surface area contributed by atoms with Gasteiger partial charge in [0.15, 0.2) is 0 Å². The van der Waals surface area contributed by atoms with Gasteiger partial charge in [0.1, 0.15) is 0 Å². The Morgan fingerprint density at radius 3 is 2.55 bits per heavy atom. The molecule has 1 heteroatoms. The Bertz CT molecular complexity index is 341. The maximum atomic E-state index is 3.49. The molecule has 11 heavy (non-hydrogen) atoms. The lowest BCUT2D eigenvalue weighted by molar-refractivity contribution is 1.80. The van der Waals surface area contributed by atoms with Gasteiger partial charge in [0, 0.05) is 4.47 Å². The molecule has 0 amide bonds. The molecule has 0 nitrogen and oxygen atoms in total. The quantitative estimate of drug-likeness (QED) is 0.619. The van der Waals surface area contributed by atoms with E-state index in [-0.39, 0.29) is 0 Å². The van der Waals surface area contributed by atoms with Crippen LogP contribution in [-0.4, -0.2) is 0 Å². The maximum absolute atomic E-state index is 3.49. The summed E-state index contributed by atoms with van der Waals surface area (Å²) in [6.45, 7) is 0. The molecular weight excluding hydrogens is 200 g/mol. The van der Waals surface area contributed by atoms with Gasteiger partial charge < -0.3 is 0 Å². The van der Waals surface area contributed by atoms with Crippen LogP contribution in [0, 0.1) is 0 Å². The Balaban J connectivity index is 2.75. The van der Waals surface area contributed by atoms with Gasteiger partial charge in [-0.05, 0) is 17.2 Å². The van der Waals surface area contributed by atoms with Crippen molar-refractivity contribution in [1.82, 2.24) is 0 Å². The minimum atomic E-state index is 1.17. The largest absolute Gasteiger partial charge is 0.0622 e. The smallest absolute Gasteiger partial charge is 0.0253 e. The van der Waals surface area contributed by atoms with Crippen molar-refractivity contribution in [3.63, 3.8) is 0 Å². The van der Waals surface area contributed by atoms with E-state index in [0.29, 0.717) is 0 Å². The summed E-state index contributed by atoms with van der Waals surface area (Å²) >= 11 is 3.49. The predicted molar refractivity (Wildman–Crippen MR) is 50.8 cm³/mol. The second-order valence-corrected chi connectivity index (χ2v) is 3.32. The van der Waals surface area contributed by atoms with Crippen molar-refractivity contribution in [3.05, 3.63) is 46.9 Å². The molecule has 2 rings (SSSR count). The lowest BCUT2D eigenvalue weighted by Crippen LogP contribution is -1.63. The Labute approximate surface area is 74.3 Å². The maximum Gasteiger partial charge on any atom is 0.0253 e. The van der Waals surface area contributed by atoms with Crippen LogP contribution in [0.25, 0.3) is 11.1 Å². The van der Waals surface area contributed by atoms with E-state index in [1.165, 1.54) is 15.6 Å². The van der Waals surface area contributed by atoms with E-state index in [4.69, 9.17) is 0 Å². The van der Waals surface area contributed by atoms with Crippen LogP contribution in [0.4, 0.5) is 0 Å². The van der Waals surface area contributed by atoms with Crippen LogP contribution in [-0.2, 0) is 0 Å². The average molecular weight is 207 g/mol. The SMILES string of the molecule is Brc1ccc2cccccc1-2. The molecule has 0 radical (unpaired) electrons. The number of halogens is 1. The summed E-state index contributed by atoms with van der Waals surface area (Å²) in [4.78, 5) is 0. The first-order chi connectivity index (χ1) is 5.38. The standard InChI is InChI=1S/C10H7Br/c11-10-7-6-8-4-2-1-3-5-9(8)10/h1-7H. The zero-order chi connectivity index (χ0) is 7.68. The van der Waals surface area contributed by atoms with Gasteiger partial charge in [-0.15, -0.1) is 0 Å². The highest BCUT2D eigenvalue weighted by molar-refractivity contribution is 9.10. The topological polar surface area (TPSA) is 0 Å². The molecule has 0 N–H and O–H groups in total. The second-order valence-electron chi connectivity index (χ2n) is 2.46. The van der Waals surface area contributed by atoms with Crippen molar-refractivity contribution in [2.24, 2.45) is 0 Å². The van der Waals surface area contributed by atoms with Crippen LogP contribution in [0.1, 0.15) is 0 Å². The molecule has 0 atom stereocenters. The summed E-state index contributed by atoms with van der Waals surface area (Å²) < 4.78 is 1.17. The molecule has 0 fully saturated rings. The fraction of sp³-hybridized carbons (Fsp3) is 0. The molecule has 0 unspecified atom stereocenters. The molecule has 0 spiro atoms. The van der Waals surface area contributed by atoms with Gasteiger partial charge >= 0.3 is 0 Å².